The average molecular weight is 385 g/mol. The molecule has 4 unspecified atom stereocenters. The third-order valence-corrected chi connectivity index (χ3v) is 6.84. The summed E-state index contributed by atoms with van der Waals surface area (Å²) in [5.74, 6) is 1.42. The fourth-order valence-electron chi connectivity index (χ4n) is 4.59. The maximum absolute atomic E-state index is 12.1. The molecule has 4 rings (SSSR count). The number of aromatic nitrogens is 1. The molecule has 5 nitrogen and oxygen atoms in total. The van der Waals surface area contributed by atoms with Crippen molar-refractivity contribution in [3.05, 3.63) is 35.3 Å². The van der Waals surface area contributed by atoms with Gasteiger partial charge >= 0.3 is 5.97 Å². The van der Waals surface area contributed by atoms with Crippen molar-refractivity contribution in [3.8, 4) is 0 Å². The first kappa shape index (κ1) is 18.2. The van der Waals surface area contributed by atoms with Gasteiger partial charge in [0.1, 0.15) is 5.01 Å². The van der Waals surface area contributed by atoms with Crippen molar-refractivity contribution < 1.29 is 14.3 Å². The summed E-state index contributed by atoms with van der Waals surface area (Å²) in [5.41, 5.74) is 0.907. The predicted octanol–water partition coefficient (Wildman–Crippen LogP) is 3.79. The fraction of sp³-hybridized carbons (Fsp3) is 0.476. The molecule has 142 valence electrons. The summed E-state index contributed by atoms with van der Waals surface area (Å²) in [5, 5.41) is 3.74. The SMILES string of the molecule is CC(NC(=O)COC(=O)C=Cc1nc2ccccc2s1)C1CC2CCC1C2. The van der Waals surface area contributed by atoms with Crippen LogP contribution >= 0.6 is 11.3 Å². The van der Waals surface area contributed by atoms with Crippen LogP contribution in [0.15, 0.2) is 30.3 Å². The second-order valence-corrected chi connectivity index (χ2v) is 8.72. The minimum atomic E-state index is -0.531. The van der Waals surface area contributed by atoms with Gasteiger partial charge in [0.15, 0.2) is 6.61 Å². The zero-order valence-electron chi connectivity index (χ0n) is 15.4. The number of hydrogen-bond donors (Lipinski definition) is 1. The highest BCUT2D eigenvalue weighted by molar-refractivity contribution is 7.19. The van der Waals surface area contributed by atoms with Crippen molar-refractivity contribution in [3.63, 3.8) is 0 Å². The van der Waals surface area contributed by atoms with Crippen molar-refractivity contribution in [2.45, 2.75) is 38.6 Å². The Kier molecular flexibility index (Phi) is 5.25. The zero-order valence-corrected chi connectivity index (χ0v) is 16.2. The topological polar surface area (TPSA) is 68.3 Å². The highest BCUT2D eigenvalue weighted by Gasteiger charge is 2.42. The lowest BCUT2D eigenvalue weighted by atomic mass is 9.84. The van der Waals surface area contributed by atoms with Gasteiger partial charge in [-0.15, -0.1) is 11.3 Å². The number of esters is 1. The molecular weight excluding hydrogens is 360 g/mol. The molecule has 0 saturated heterocycles. The van der Waals surface area contributed by atoms with Gasteiger partial charge in [-0.2, -0.15) is 0 Å². The summed E-state index contributed by atoms with van der Waals surface area (Å²) >= 11 is 1.51. The van der Waals surface area contributed by atoms with E-state index in [1.54, 1.807) is 6.08 Å². The second kappa shape index (κ2) is 7.80. The fourth-order valence-corrected chi connectivity index (χ4v) is 5.46. The Morgan fingerprint density at radius 2 is 2.19 bits per heavy atom. The van der Waals surface area contributed by atoms with Crippen LogP contribution in [0.5, 0.6) is 0 Å². The van der Waals surface area contributed by atoms with Crippen molar-refractivity contribution >= 4 is 39.5 Å². The van der Waals surface area contributed by atoms with Gasteiger partial charge in [0.2, 0.25) is 0 Å². The standard InChI is InChI=1S/C21H24N2O3S/c1-13(16-11-14-6-7-15(16)10-14)22-19(24)12-26-21(25)9-8-20-23-17-4-2-3-5-18(17)27-20/h2-5,8-9,13-16H,6-7,10-12H2,1H3,(H,22,24). The predicted molar refractivity (Wildman–Crippen MR) is 106 cm³/mol. The lowest BCUT2D eigenvalue weighted by Crippen LogP contribution is -2.41. The molecule has 4 atom stereocenters. The Hall–Kier alpha value is -2.21. The molecule has 1 aromatic carbocycles. The third kappa shape index (κ3) is 4.21. The minimum absolute atomic E-state index is 0.143. The third-order valence-electron chi connectivity index (χ3n) is 5.84. The molecule has 6 heteroatoms. The van der Waals surface area contributed by atoms with E-state index in [1.807, 2.05) is 24.3 Å². The largest absolute Gasteiger partial charge is 0.452 e. The van der Waals surface area contributed by atoms with Gasteiger partial charge in [0, 0.05) is 12.1 Å². The van der Waals surface area contributed by atoms with E-state index in [4.69, 9.17) is 4.74 Å². The molecule has 2 fully saturated rings. The number of para-hydroxylation sites is 1. The number of benzene rings is 1. The maximum atomic E-state index is 12.1. The Bertz CT molecular complexity index is 842. The molecule has 0 spiro atoms. The molecule has 2 aromatic rings. The molecule has 2 aliphatic rings. The molecule has 1 N–H and O–H groups in total. The number of carbonyl (C=O) groups excluding carboxylic acids is 2. The van der Waals surface area contributed by atoms with E-state index >= 15 is 0 Å². The Balaban J connectivity index is 1.23. The molecule has 2 saturated carbocycles. The summed E-state index contributed by atoms with van der Waals surface area (Å²) < 4.78 is 6.13. The number of thiazole rings is 1. The normalized spacial score (nSPS) is 25.1. The first-order chi connectivity index (χ1) is 13.1. The molecule has 1 amide bonds. The highest BCUT2D eigenvalue weighted by Crippen LogP contribution is 2.49. The summed E-state index contributed by atoms with van der Waals surface area (Å²) in [6.45, 7) is 1.83. The maximum Gasteiger partial charge on any atom is 0.331 e. The van der Waals surface area contributed by atoms with Gasteiger partial charge in [0.25, 0.3) is 5.91 Å². The van der Waals surface area contributed by atoms with Crippen LogP contribution in [-0.4, -0.2) is 29.5 Å². The van der Waals surface area contributed by atoms with Crippen molar-refractivity contribution in [2.75, 3.05) is 6.61 Å². The summed E-state index contributed by atoms with van der Waals surface area (Å²) in [6, 6.07) is 7.95. The van der Waals surface area contributed by atoms with Crippen LogP contribution in [-0.2, 0) is 14.3 Å². The molecule has 2 bridgehead atoms. The molecule has 27 heavy (non-hydrogen) atoms. The van der Waals surface area contributed by atoms with E-state index in [0.717, 1.165) is 27.1 Å². The molecule has 1 heterocycles. The van der Waals surface area contributed by atoms with Crippen molar-refractivity contribution in [2.24, 2.45) is 17.8 Å². The van der Waals surface area contributed by atoms with Crippen LogP contribution in [0.4, 0.5) is 0 Å². The van der Waals surface area contributed by atoms with Crippen LogP contribution in [0.25, 0.3) is 16.3 Å². The van der Waals surface area contributed by atoms with Gasteiger partial charge in [-0.05, 0) is 62.1 Å². The van der Waals surface area contributed by atoms with Gasteiger partial charge in [-0.1, -0.05) is 18.6 Å². The molecule has 2 aliphatic carbocycles. The first-order valence-corrected chi connectivity index (χ1v) is 10.4. The second-order valence-electron chi connectivity index (χ2n) is 7.66. The number of hydrogen-bond acceptors (Lipinski definition) is 5. The quantitative estimate of drug-likeness (QED) is 0.608. The number of carbonyl (C=O) groups is 2. The van der Waals surface area contributed by atoms with E-state index < -0.39 is 5.97 Å². The van der Waals surface area contributed by atoms with E-state index in [0.29, 0.717) is 5.92 Å². The van der Waals surface area contributed by atoms with Gasteiger partial charge in [0.05, 0.1) is 10.2 Å². The number of nitrogens with one attached hydrogen (secondary N) is 1. The molecule has 0 radical (unpaired) electrons. The molecule has 1 aromatic heterocycles. The smallest absolute Gasteiger partial charge is 0.331 e. The first-order valence-electron chi connectivity index (χ1n) is 9.58. The number of rotatable bonds is 6. The van der Waals surface area contributed by atoms with Gasteiger partial charge in [-0.3, -0.25) is 4.79 Å². The molecular formula is C21H24N2O3S. The van der Waals surface area contributed by atoms with Crippen LogP contribution in [0, 0.1) is 17.8 Å². The summed E-state index contributed by atoms with van der Waals surface area (Å²) in [4.78, 5) is 28.4. The van der Waals surface area contributed by atoms with Crippen molar-refractivity contribution in [1.29, 1.82) is 0 Å². The minimum Gasteiger partial charge on any atom is -0.452 e. The van der Waals surface area contributed by atoms with Crippen LogP contribution < -0.4 is 5.32 Å². The summed E-state index contributed by atoms with van der Waals surface area (Å²) in [7, 11) is 0. The van der Waals surface area contributed by atoms with Crippen LogP contribution in [0.3, 0.4) is 0 Å². The Morgan fingerprint density at radius 1 is 1.33 bits per heavy atom. The van der Waals surface area contributed by atoms with Crippen LogP contribution in [0.1, 0.15) is 37.6 Å². The number of amides is 1. The Morgan fingerprint density at radius 3 is 2.93 bits per heavy atom. The van der Waals surface area contributed by atoms with Crippen molar-refractivity contribution in [1.82, 2.24) is 10.3 Å². The van der Waals surface area contributed by atoms with Crippen LogP contribution in [0.2, 0.25) is 0 Å². The molecule has 0 aliphatic heterocycles. The zero-order chi connectivity index (χ0) is 18.8. The summed E-state index contributed by atoms with van der Waals surface area (Å²) in [6.07, 6.45) is 8.13. The monoisotopic (exact) mass is 384 g/mol. The van der Waals surface area contributed by atoms with Gasteiger partial charge in [-0.25, -0.2) is 9.78 Å². The van der Waals surface area contributed by atoms with Gasteiger partial charge < -0.3 is 10.1 Å². The van der Waals surface area contributed by atoms with E-state index in [9.17, 15) is 9.59 Å². The lowest BCUT2D eigenvalue weighted by Gasteiger charge is -2.28. The van der Waals surface area contributed by atoms with E-state index in [-0.39, 0.29) is 18.6 Å². The Labute approximate surface area is 162 Å². The highest BCUT2D eigenvalue weighted by atomic mass is 32.1. The number of ether oxygens (including phenoxy) is 1. The lowest BCUT2D eigenvalue weighted by molar-refractivity contribution is -0.144. The average Bonchev–Trinajstić information content (AvgIpc) is 3.39. The number of nitrogens with zero attached hydrogens (tertiary/aromatic N) is 1. The van der Waals surface area contributed by atoms with E-state index in [1.165, 1.54) is 43.1 Å². The number of fused-ring (bicyclic) bond motifs is 3. The van der Waals surface area contributed by atoms with E-state index in [2.05, 4.69) is 17.2 Å².